The van der Waals surface area contributed by atoms with Gasteiger partial charge in [0.2, 0.25) is 0 Å². The summed E-state index contributed by atoms with van der Waals surface area (Å²) in [5.74, 6) is -0.699. The molecule has 1 aliphatic heterocycles. The van der Waals surface area contributed by atoms with Crippen molar-refractivity contribution < 1.29 is 9.90 Å². The number of carbonyl (C=O) groups is 1. The Morgan fingerprint density at radius 2 is 2.42 bits per heavy atom. The van der Waals surface area contributed by atoms with Crippen molar-refractivity contribution in [2.24, 2.45) is 5.29 Å². The van der Waals surface area contributed by atoms with E-state index >= 15 is 0 Å². The van der Waals surface area contributed by atoms with Crippen LogP contribution in [0.4, 0.5) is 0 Å². The highest BCUT2D eigenvalue weighted by atomic mass is 16.3. The number of amides is 1. The maximum absolute atomic E-state index is 11.2. The molecule has 12 heavy (non-hydrogen) atoms. The molecule has 1 fully saturated rings. The molecule has 0 aliphatic carbocycles. The maximum Gasteiger partial charge on any atom is 0.292 e. The summed E-state index contributed by atoms with van der Waals surface area (Å²) in [6, 6.07) is 0. The van der Waals surface area contributed by atoms with Gasteiger partial charge in [-0.25, -0.2) is 0 Å². The fourth-order valence-corrected chi connectivity index (χ4v) is 1.22. The SMILES string of the molecule is CN(N=O)C(=O)[C@@]1(O)CCCN1. The van der Waals surface area contributed by atoms with Crippen molar-refractivity contribution in [2.75, 3.05) is 13.6 Å². The van der Waals surface area contributed by atoms with Gasteiger partial charge < -0.3 is 5.11 Å². The summed E-state index contributed by atoms with van der Waals surface area (Å²) in [5, 5.41) is 15.2. The molecule has 6 nitrogen and oxygen atoms in total. The molecule has 0 unspecified atom stereocenters. The van der Waals surface area contributed by atoms with E-state index in [9.17, 15) is 14.8 Å². The van der Waals surface area contributed by atoms with Crippen LogP contribution in [0.15, 0.2) is 5.29 Å². The van der Waals surface area contributed by atoms with E-state index in [1.54, 1.807) is 0 Å². The van der Waals surface area contributed by atoms with Crippen molar-refractivity contribution in [1.29, 1.82) is 0 Å². The zero-order valence-electron chi connectivity index (χ0n) is 6.78. The van der Waals surface area contributed by atoms with Gasteiger partial charge in [-0.2, -0.15) is 5.01 Å². The van der Waals surface area contributed by atoms with Crippen molar-refractivity contribution in [1.82, 2.24) is 10.3 Å². The third-order valence-electron chi connectivity index (χ3n) is 1.90. The van der Waals surface area contributed by atoms with Crippen LogP contribution in [0.5, 0.6) is 0 Å². The molecule has 0 aromatic carbocycles. The highest BCUT2D eigenvalue weighted by Crippen LogP contribution is 2.17. The number of hydrogen-bond donors (Lipinski definition) is 2. The predicted octanol–water partition coefficient (Wildman–Crippen LogP) is -0.802. The molecular weight excluding hydrogens is 162 g/mol. The van der Waals surface area contributed by atoms with Crippen LogP contribution in [0, 0.1) is 4.91 Å². The van der Waals surface area contributed by atoms with Gasteiger partial charge in [0, 0.05) is 13.5 Å². The van der Waals surface area contributed by atoms with Gasteiger partial charge in [0.25, 0.3) is 5.91 Å². The Kier molecular flexibility index (Phi) is 2.39. The summed E-state index contributed by atoms with van der Waals surface area (Å²) in [7, 11) is 1.22. The molecular formula is C6H11N3O3. The molecule has 1 saturated heterocycles. The first kappa shape index (κ1) is 9.08. The largest absolute Gasteiger partial charge is 0.367 e. The lowest BCUT2D eigenvalue weighted by atomic mass is 10.1. The van der Waals surface area contributed by atoms with Crippen LogP contribution < -0.4 is 5.32 Å². The van der Waals surface area contributed by atoms with Crippen LogP contribution in [0.2, 0.25) is 0 Å². The second kappa shape index (κ2) is 3.16. The third-order valence-corrected chi connectivity index (χ3v) is 1.90. The number of likely N-dealkylation sites (N-methyl/N-ethyl adjacent to an activating group) is 1. The number of hydrogen-bond acceptors (Lipinski definition) is 5. The quantitative estimate of drug-likeness (QED) is 0.423. The Balaban J connectivity index is 2.67. The van der Waals surface area contributed by atoms with Gasteiger partial charge >= 0.3 is 0 Å². The minimum Gasteiger partial charge on any atom is -0.367 e. The fraction of sp³-hybridized carbons (Fsp3) is 0.833. The van der Waals surface area contributed by atoms with E-state index in [1.807, 2.05) is 0 Å². The van der Waals surface area contributed by atoms with E-state index in [4.69, 9.17) is 0 Å². The summed E-state index contributed by atoms with van der Waals surface area (Å²) in [5.41, 5.74) is -1.58. The number of nitrogens with zero attached hydrogens (tertiary/aromatic N) is 2. The molecule has 0 bridgehead atoms. The van der Waals surface area contributed by atoms with Crippen LogP contribution in [-0.4, -0.2) is 35.3 Å². The Hall–Kier alpha value is -1.01. The van der Waals surface area contributed by atoms with E-state index in [1.165, 1.54) is 7.05 Å². The first-order valence-electron chi connectivity index (χ1n) is 3.69. The lowest BCUT2D eigenvalue weighted by Gasteiger charge is -2.22. The summed E-state index contributed by atoms with van der Waals surface area (Å²) < 4.78 is 0. The highest BCUT2D eigenvalue weighted by Gasteiger charge is 2.41. The van der Waals surface area contributed by atoms with Gasteiger partial charge in [-0.1, -0.05) is 0 Å². The fourth-order valence-electron chi connectivity index (χ4n) is 1.22. The second-order valence-electron chi connectivity index (χ2n) is 2.80. The van der Waals surface area contributed by atoms with Crippen LogP contribution in [0.1, 0.15) is 12.8 Å². The molecule has 0 spiro atoms. The van der Waals surface area contributed by atoms with E-state index in [-0.39, 0.29) is 0 Å². The normalized spacial score (nSPS) is 28.5. The molecule has 6 heteroatoms. The number of rotatable bonds is 2. The average molecular weight is 173 g/mol. The average Bonchev–Trinajstić information content (AvgIpc) is 2.50. The van der Waals surface area contributed by atoms with Crippen LogP contribution in [0.3, 0.4) is 0 Å². The van der Waals surface area contributed by atoms with Gasteiger partial charge in [0.05, 0.1) is 5.29 Å². The zero-order chi connectivity index (χ0) is 9.19. The molecule has 1 rings (SSSR count). The minimum atomic E-state index is -1.58. The monoisotopic (exact) mass is 173 g/mol. The Bertz CT molecular complexity index is 200. The van der Waals surface area contributed by atoms with Crippen LogP contribution in [-0.2, 0) is 4.79 Å². The van der Waals surface area contributed by atoms with E-state index in [2.05, 4.69) is 10.6 Å². The van der Waals surface area contributed by atoms with Crippen LogP contribution in [0.25, 0.3) is 0 Å². The minimum absolute atomic E-state index is 0.325. The van der Waals surface area contributed by atoms with Crippen LogP contribution >= 0.6 is 0 Å². The van der Waals surface area contributed by atoms with E-state index in [0.29, 0.717) is 18.0 Å². The Morgan fingerprint density at radius 1 is 1.75 bits per heavy atom. The molecule has 2 N–H and O–H groups in total. The van der Waals surface area contributed by atoms with E-state index < -0.39 is 11.6 Å². The Labute approximate surface area is 69.5 Å². The molecule has 1 heterocycles. The van der Waals surface area contributed by atoms with Crippen molar-refractivity contribution >= 4 is 5.91 Å². The molecule has 0 saturated carbocycles. The van der Waals surface area contributed by atoms with Gasteiger partial charge in [-0.3, -0.25) is 10.1 Å². The molecule has 1 amide bonds. The standard InChI is InChI=1S/C6H11N3O3/c1-9(8-12)5(10)6(11)3-2-4-7-6/h7,11H,2-4H2,1H3/t6-/m0/s1. The second-order valence-corrected chi connectivity index (χ2v) is 2.80. The van der Waals surface area contributed by atoms with Crippen molar-refractivity contribution in [3.8, 4) is 0 Å². The number of carbonyl (C=O) groups excluding carboxylic acids is 1. The summed E-state index contributed by atoms with van der Waals surface area (Å²) in [6.45, 7) is 0.578. The summed E-state index contributed by atoms with van der Waals surface area (Å²) >= 11 is 0. The van der Waals surface area contributed by atoms with Crippen molar-refractivity contribution in [2.45, 2.75) is 18.6 Å². The predicted molar refractivity (Wildman–Crippen MR) is 40.8 cm³/mol. The summed E-state index contributed by atoms with van der Waals surface area (Å²) in [6.07, 6.45) is 1.04. The first-order chi connectivity index (χ1) is 5.60. The summed E-state index contributed by atoms with van der Waals surface area (Å²) in [4.78, 5) is 21.2. The van der Waals surface area contributed by atoms with E-state index in [0.717, 1.165) is 6.42 Å². The lowest BCUT2D eigenvalue weighted by molar-refractivity contribution is -0.151. The van der Waals surface area contributed by atoms with Crippen molar-refractivity contribution in [3.05, 3.63) is 4.91 Å². The molecule has 0 aromatic rings. The molecule has 0 radical (unpaired) electrons. The van der Waals surface area contributed by atoms with Gasteiger partial charge in [0.1, 0.15) is 0 Å². The third kappa shape index (κ3) is 1.44. The number of nitroso groups, excluding NO2 is 1. The Morgan fingerprint density at radius 3 is 2.83 bits per heavy atom. The van der Waals surface area contributed by atoms with Gasteiger partial charge in [0.15, 0.2) is 5.72 Å². The molecule has 1 atom stereocenters. The number of nitrogens with one attached hydrogen (secondary N) is 1. The number of aliphatic hydroxyl groups is 1. The first-order valence-corrected chi connectivity index (χ1v) is 3.69. The van der Waals surface area contributed by atoms with Gasteiger partial charge in [-0.15, -0.1) is 4.91 Å². The van der Waals surface area contributed by atoms with Gasteiger partial charge in [-0.05, 0) is 13.0 Å². The molecule has 1 aliphatic rings. The maximum atomic E-state index is 11.2. The van der Waals surface area contributed by atoms with Crippen molar-refractivity contribution in [3.63, 3.8) is 0 Å². The highest BCUT2D eigenvalue weighted by molar-refractivity contribution is 5.84. The topological polar surface area (TPSA) is 82.0 Å². The lowest BCUT2D eigenvalue weighted by Crippen LogP contribution is -2.52. The zero-order valence-corrected chi connectivity index (χ0v) is 6.78. The molecule has 68 valence electrons. The molecule has 0 aromatic heterocycles. The smallest absolute Gasteiger partial charge is 0.292 e.